The summed E-state index contributed by atoms with van der Waals surface area (Å²) in [6.07, 6.45) is 6.45. The molecular weight excluding hydrogens is 254 g/mol. The maximum absolute atomic E-state index is 11.9. The Balaban J connectivity index is 1.71. The van der Waals surface area contributed by atoms with Crippen LogP contribution < -0.4 is 5.43 Å². The number of fused-ring (bicyclic) bond motifs is 1. The van der Waals surface area contributed by atoms with E-state index in [9.17, 15) is 9.59 Å². The predicted molar refractivity (Wildman–Crippen MR) is 74.3 cm³/mol. The van der Waals surface area contributed by atoms with Crippen LogP contribution in [0.1, 0.15) is 47.4 Å². The summed E-state index contributed by atoms with van der Waals surface area (Å²) in [6, 6.07) is 1.86. The van der Waals surface area contributed by atoms with Crippen molar-refractivity contribution in [1.29, 1.82) is 0 Å². The van der Waals surface area contributed by atoms with Crippen molar-refractivity contribution in [3.05, 3.63) is 28.6 Å². The van der Waals surface area contributed by atoms with E-state index in [-0.39, 0.29) is 11.7 Å². The minimum Gasteiger partial charge on any atom is -0.358 e. The summed E-state index contributed by atoms with van der Waals surface area (Å²) in [5.74, 6) is 0.469. The number of rotatable bonds is 2. The molecule has 1 fully saturated rings. The van der Waals surface area contributed by atoms with E-state index in [2.05, 4.69) is 15.5 Å². The molecule has 1 aromatic heterocycles. The van der Waals surface area contributed by atoms with Crippen molar-refractivity contribution >= 4 is 23.5 Å². The number of amides is 1. The Bertz CT molecular complexity index is 677. The SMILES string of the molecule is O=C1NN=C(C2CC2)/C1=C/c1cc2c([nH]1)CCCC2=O. The van der Waals surface area contributed by atoms with Gasteiger partial charge < -0.3 is 4.98 Å². The molecule has 5 heteroatoms. The van der Waals surface area contributed by atoms with Gasteiger partial charge in [0.25, 0.3) is 5.91 Å². The third-order valence-electron chi connectivity index (χ3n) is 4.11. The van der Waals surface area contributed by atoms with Crippen LogP contribution in [0.2, 0.25) is 0 Å². The van der Waals surface area contributed by atoms with Gasteiger partial charge in [-0.25, -0.2) is 5.43 Å². The van der Waals surface area contributed by atoms with Crippen LogP contribution in [0.25, 0.3) is 6.08 Å². The van der Waals surface area contributed by atoms with Gasteiger partial charge in [0.15, 0.2) is 5.78 Å². The first-order chi connectivity index (χ1) is 9.72. The maximum atomic E-state index is 11.9. The van der Waals surface area contributed by atoms with E-state index in [4.69, 9.17) is 0 Å². The number of ketones is 1. The molecule has 4 rings (SSSR count). The van der Waals surface area contributed by atoms with E-state index in [0.717, 1.165) is 48.3 Å². The van der Waals surface area contributed by atoms with Crippen LogP contribution in [-0.2, 0) is 11.2 Å². The molecule has 1 amide bonds. The van der Waals surface area contributed by atoms with E-state index in [1.807, 2.05) is 12.1 Å². The summed E-state index contributed by atoms with van der Waals surface area (Å²) in [4.78, 5) is 27.0. The number of hydrogen-bond acceptors (Lipinski definition) is 3. The smallest absolute Gasteiger partial charge is 0.273 e. The standard InChI is InChI=1S/C15H15N3O2/c19-13-3-1-2-12-10(13)6-9(16-12)7-11-14(8-4-5-8)17-18-15(11)20/h6-8,16H,1-5H2,(H,18,20)/b11-7-. The molecular formula is C15H15N3O2. The Kier molecular flexibility index (Phi) is 2.42. The van der Waals surface area contributed by atoms with Crippen LogP contribution in [0.5, 0.6) is 0 Å². The number of carbonyl (C=O) groups excluding carboxylic acids is 2. The second-order valence-electron chi connectivity index (χ2n) is 5.66. The van der Waals surface area contributed by atoms with Gasteiger partial charge in [-0.3, -0.25) is 9.59 Å². The number of aryl methyl sites for hydroxylation is 1. The Morgan fingerprint density at radius 1 is 1.25 bits per heavy atom. The Labute approximate surface area is 116 Å². The number of Topliss-reactive ketones (excluding diaryl/α,β-unsaturated/α-hetero) is 1. The van der Waals surface area contributed by atoms with Crippen LogP contribution in [0, 0.1) is 5.92 Å². The van der Waals surface area contributed by atoms with Gasteiger partial charge in [0.1, 0.15) is 0 Å². The first-order valence-corrected chi connectivity index (χ1v) is 7.07. The Morgan fingerprint density at radius 3 is 2.85 bits per heavy atom. The van der Waals surface area contributed by atoms with Gasteiger partial charge >= 0.3 is 0 Å². The highest BCUT2D eigenvalue weighted by atomic mass is 16.2. The summed E-state index contributed by atoms with van der Waals surface area (Å²) in [6.45, 7) is 0. The minimum absolute atomic E-state index is 0.147. The van der Waals surface area contributed by atoms with Gasteiger partial charge in [-0.15, -0.1) is 0 Å². The molecule has 1 aliphatic heterocycles. The molecule has 2 aliphatic carbocycles. The Morgan fingerprint density at radius 2 is 2.10 bits per heavy atom. The van der Waals surface area contributed by atoms with Gasteiger partial charge in [-0.05, 0) is 37.8 Å². The van der Waals surface area contributed by atoms with E-state index in [0.29, 0.717) is 17.9 Å². The molecule has 0 atom stereocenters. The van der Waals surface area contributed by atoms with Gasteiger partial charge in [-0.2, -0.15) is 5.10 Å². The largest absolute Gasteiger partial charge is 0.358 e. The lowest BCUT2D eigenvalue weighted by Crippen LogP contribution is -2.13. The third-order valence-corrected chi connectivity index (χ3v) is 4.11. The number of nitrogens with one attached hydrogen (secondary N) is 2. The fourth-order valence-electron chi connectivity index (χ4n) is 2.92. The average Bonchev–Trinajstić information content (AvgIpc) is 3.08. The minimum atomic E-state index is -0.147. The number of hydrogen-bond donors (Lipinski definition) is 2. The van der Waals surface area contributed by atoms with Crippen LogP contribution in [0.4, 0.5) is 0 Å². The summed E-state index contributed by atoms with van der Waals surface area (Å²) in [5, 5.41) is 4.12. The van der Waals surface area contributed by atoms with E-state index < -0.39 is 0 Å². The molecule has 5 nitrogen and oxygen atoms in total. The second kappa shape index (κ2) is 4.16. The molecule has 0 spiro atoms. The van der Waals surface area contributed by atoms with Crippen LogP contribution in [-0.4, -0.2) is 22.4 Å². The first-order valence-electron chi connectivity index (χ1n) is 7.07. The molecule has 20 heavy (non-hydrogen) atoms. The van der Waals surface area contributed by atoms with Crippen molar-refractivity contribution in [3.8, 4) is 0 Å². The predicted octanol–water partition coefficient (Wildman–Crippen LogP) is 1.81. The molecule has 102 valence electrons. The van der Waals surface area contributed by atoms with Gasteiger partial charge in [0.05, 0.1) is 11.3 Å². The summed E-state index contributed by atoms with van der Waals surface area (Å²) < 4.78 is 0. The van der Waals surface area contributed by atoms with Crippen molar-refractivity contribution in [1.82, 2.24) is 10.4 Å². The van der Waals surface area contributed by atoms with Gasteiger partial charge in [0.2, 0.25) is 0 Å². The molecule has 2 heterocycles. The first kappa shape index (κ1) is 11.6. The zero-order valence-corrected chi connectivity index (χ0v) is 11.0. The summed E-state index contributed by atoms with van der Waals surface area (Å²) >= 11 is 0. The van der Waals surface area contributed by atoms with Crippen molar-refractivity contribution < 1.29 is 9.59 Å². The number of nitrogens with zero attached hydrogens (tertiary/aromatic N) is 1. The average molecular weight is 269 g/mol. The molecule has 0 unspecified atom stereocenters. The van der Waals surface area contributed by atoms with Crippen molar-refractivity contribution in [2.45, 2.75) is 32.1 Å². The molecule has 1 saturated carbocycles. The second-order valence-corrected chi connectivity index (χ2v) is 5.66. The highest BCUT2D eigenvalue weighted by Gasteiger charge is 2.36. The zero-order chi connectivity index (χ0) is 13.7. The topological polar surface area (TPSA) is 74.3 Å². The molecule has 0 bridgehead atoms. The molecule has 0 aromatic carbocycles. The number of hydrazone groups is 1. The third kappa shape index (κ3) is 1.81. The van der Waals surface area contributed by atoms with Crippen LogP contribution >= 0.6 is 0 Å². The number of aromatic amines is 1. The van der Waals surface area contributed by atoms with Gasteiger partial charge in [0, 0.05) is 29.3 Å². The number of H-pyrrole nitrogens is 1. The molecule has 0 radical (unpaired) electrons. The lowest BCUT2D eigenvalue weighted by atomic mass is 9.97. The van der Waals surface area contributed by atoms with E-state index in [1.165, 1.54) is 0 Å². The summed E-state index contributed by atoms with van der Waals surface area (Å²) in [7, 11) is 0. The van der Waals surface area contributed by atoms with Crippen molar-refractivity contribution in [3.63, 3.8) is 0 Å². The van der Waals surface area contributed by atoms with Gasteiger partial charge in [-0.1, -0.05) is 0 Å². The van der Waals surface area contributed by atoms with Crippen LogP contribution in [0.3, 0.4) is 0 Å². The molecule has 3 aliphatic rings. The lowest BCUT2D eigenvalue weighted by Gasteiger charge is -2.08. The normalized spacial score (nSPS) is 23.8. The van der Waals surface area contributed by atoms with E-state index >= 15 is 0 Å². The van der Waals surface area contributed by atoms with Crippen molar-refractivity contribution in [2.24, 2.45) is 11.0 Å². The Hall–Kier alpha value is -2.17. The quantitative estimate of drug-likeness (QED) is 0.803. The zero-order valence-electron chi connectivity index (χ0n) is 11.0. The monoisotopic (exact) mass is 269 g/mol. The van der Waals surface area contributed by atoms with Crippen LogP contribution in [0.15, 0.2) is 16.7 Å². The molecule has 1 aromatic rings. The maximum Gasteiger partial charge on any atom is 0.273 e. The van der Waals surface area contributed by atoms with E-state index in [1.54, 1.807) is 0 Å². The molecule has 0 saturated heterocycles. The fraction of sp³-hybridized carbons (Fsp3) is 0.400. The van der Waals surface area contributed by atoms with Crippen molar-refractivity contribution in [2.75, 3.05) is 0 Å². The highest BCUT2D eigenvalue weighted by Crippen LogP contribution is 2.35. The fourth-order valence-corrected chi connectivity index (χ4v) is 2.92. The number of carbonyl (C=O) groups is 2. The summed E-state index contributed by atoms with van der Waals surface area (Å²) in [5.41, 5.74) is 6.64. The lowest BCUT2D eigenvalue weighted by molar-refractivity contribution is -0.116. The highest BCUT2D eigenvalue weighted by molar-refractivity contribution is 6.28. The number of aromatic nitrogens is 1. The molecule has 2 N–H and O–H groups in total.